The third kappa shape index (κ3) is 3.83. The van der Waals surface area contributed by atoms with Crippen LogP contribution in [0.4, 0.5) is 16.2 Å². The highest BCUT2D eigenvalue weighted by molar-refractivity contribution is 5.89. The Morgan fingerprint density at radius 2 is 1.92 bits per heavy atom. The van der Waals surface area contributed by atoms with E-state index in [0.717, 1.165) is 38.0 Å². The van der Waals surface area contributed by atoms with Crippen LogP contribution in [0.3, 0.4) is 0 Å². The second-order valence-electron chi connectivity index (χ2n) is 7.45. The molecule has 2 atom stereocenters. The van der Waals surface area contributed by atoms with Crippen molar-refractivity contribution >= 4 is 17.4 Å². The summed E-state index contributed by atoms with van der Waals surface area (Å²) in [6.45, 7) is 4.39. The van der Waals surface area contributed by atoms with Gasteiger partial charge in [0, 0.05) is 35.9 Å². The largest absolute Gasteiger partial charge is 0.396 e. The Morgan fingerprint density at radius 3 is 2.58 bits per heavy atom. The molecule has 2 amide bonds. The van der Waals surface area contributed by atoms with Crippen molar-refractivity contribution in [2.75, 3.05) is 29.9 Å². The van der Waals surface area contributed by atoms with Gasteiger partial charge in [-0.25, -0.2) is 4.79 Å². The molecule has 2 aliphatic rings. The molecule has 1 saturated carbocycles. The first-order chi connectivity index (χ1) is 11.6. The number of aliphatic hydroxyl groups excluding tert-OH is 1. The van der Waals surface area contributed by atoms with Crippen molar-refractivity contribution in [1.82, 2.24) is 5.32 Å². The summed E-state index contributed by atoms with van der Waals surface area (Å²) in [7, 11) is 0. The number of carbonyl (C=O) groups is 1. The number of rotatable bonds is 4. The van der Waals surface area contributed by atoms with Gasteiger partial charge in [-0.1, -0.05) is 13.3 Å². The molecule has 1 aliphatic heterocycles. The van der Waals surface area contributed by atoms with Crippen LogP contribution in [0.1, 0.15) is 45.4 Å². The third-order valence-corrected chi connectivity index (χ3v) is 5.59. The summed E-state index contributed by atoms with van der Waals surface area (Å²) in [5.74, 6) is 0. The van der Waals surface area contributed by atoms with Crippen molar-refractivity contribution in [3.8, 4) is 0 Å². The molecule has 3 rings (SSSR count). The number of nitrogens with one attached hydrogen (secondary N) is 2. The molecule has 24 heavy (non-hydrogen) atoms. The molecular formula is C19H29N3O2. The molecule has 5 heteroatoms. The average Bonchev–Trinajstić information content (AvgIpc) is 2.97. The Hall–Kier alpha value is -1.75. The summed E-state index contributed by atoms with van der Waals surface area (Å²) in [5, 5.41) is 15.5. The minimum absolute atomic E-state index is 0.0372. The fraction of sp³-hybridized carbons (Fsp3) is 0.632. The number of hydrogen-bond donors (Lipinski definition) is 3. The number of urea groups is 1. The lowest BCUT2D eigenvalue weighted by molar-refractivity contribution is 0.122. The van der Waals surface area contributed by atoms with Crippen LogP contribution in [-0.2, 0) is 0 Å². The lowest BCUT2D eigenvalue weighted by Gasteiger charge is -2.30. The molecule has 0 bridgehead atoms. The number of piperidine rings is 1. The molecule has 1 aromatic carbocycles. The van der Waals surface area contributed by atoms with E-state index in [-0.39, 0.29) is 24.1 Å². The zero-order chi connectivity index (χ0) is 17.0. The van der Waals surface area contributed by atoms with Gasteiger partial charge in [-0.15, -0.1) is 0 Å². The maximum atomic E-state index is 12.2. The Labute approximate surface area is 144 Å². The van der Waals surface area contributed by atoms with Crippen molar-refractivity contribution < 1.29 is 9.90 Å². The van der Waals surface area contributed by atoms with Crippen molar-refractivity contribution in [3.63, 3.8) is 0 Å². The number of nitrogens with zero attached hydrogens (tertiary/aromatic N) is 1. The number of hydrogen-bond acceptors (Lipinski definition) is 3. The normalized spacial score (nSPS) is 27.1. The van der Waals surface area contributed by atoms with E-state index in [1.54, 1.807) is 0 Å². The van der Waals surface area contributed by atoms with Gasteiger partial charge < -0.3 is 20.6 Å². The van der Waals surface area contributed by atoms with Gasteiger partial charge in [-0.05, 0) is 56.4 Å². The van der Waals surface area contributed by atoms with Gasteiger partial charge in [0.05, 0.1) is 6.61 Å². The first-order valence-electron chi connectivity index (χ1n) is 9.14. The Morgan fingerprint density at radius 1 is 1.21 bits per heavy atom. The SMILES string of the molecule is CC1(CO)CCCC1NC(=O)Nc1ccc(N2CCCCC2)cc1. The lowest BCUT2D eigenvalue weighted by Crippen LogP contribution is -2.46. The predicted molar refractivity (Wildman–Crippen MR) is 97.5 cm³/mol. The smallest absolute Gasteiger partial charge is 0.319 e. The van der Waals surface area contributed by atoms with Crippen LogP contribution in [0.5, 0.6) is 0 Å². The molecule has 0 radical (unpaired) electrons. The number of anilines is 2. The van der Waals surface area contributed by atoms with Gasteiger partial charge in [0.15, 0.2) is 0 Å². The molecule has 1 aromatic rings. The zero-order valence-corrected chi connectivity index (χ0v) is 14.6. The minimum Gasteiger partial charge on any atom is -0.396 e. The highest BCUT2D eigenvalue weighted by Crippen LogP contribution is 2.37. The summed E-state index contributed by atoms with van der Waals surface area (Å²) in [4.78, 5) is 14.6. The number of benzene rings is 1. The molecule has 5 nitrogen and oxygen atoms in total. The van der Waals surface area contributed by atoms with Crippen LogP contribution < -0.4 is 15.5 Å². The summed E-state index contributed by atoms with van der Waals surface area (Å²) >= 11 is 0. The first kappa shape index (κ1) is 17.1. The fourth-order valence-electron chi connectivity index (χ4n) is 3.90. The van der Waals surface area contributed by atoms with Crippen LogP contribution >= 0.6 is 0 Å². The van der Waals surface area contributed by atoms with Gasteiger partial charge in [-0.2, -0.15) is 0 Å². The summed E-state index contributed by atoms with van der Waals surface area (Å²) in [6, 6.07) is 7.93. The van der Waals surface area contributed by atoms with Crippen LogP contribution in [-0.4, -0.2) is 36.9 Å². The van der Waals surface area contributed by atoms with E-state index in [0.29, 0.717) is 0 Å². The molecule has 132 valence electrons. The van der Waals surface area contributed by atoms with E-state index in [2.05, 4.69) is 27.7 Å². The molecule has 2 unspecified atom stereocenters. The predicted octanol–water partition coefficient (Wildman–Crippen LogP) is 3.35. The summed E-state index contributed by atoms with van der Waals surface area (Å²) < 4.78 is 0. The molecule has 1 saturated heterocycles. The van der Waals surface area contributed by atoms with Crippen LogP contribution in [0.25, 0.3) is 0 Å². The van der Waals surface area contributed by atoms with Crippen molar-refractivity contribution in [2.45, 2.75) is 51.5 Å². The van der Waals surface area contributed by atoms with Gasteiger partial charge in [0.25, 0.3) is 0 Å². The van der Waals surface area contributed by atoms with E-state index in [1.807, 2.05) is 19.1 Å². The second kappa shape index (κ2) is 7.43. The topological polar surface area (TPSA) is 64.6 Å². The quantitative estimate of drug-likeness (QED) is 0.793. The van der Waals surface area contributed by atoms with E-state index in [1.165, 1.54) is 24.9 Å². The van der Waals surface area contributed by atoms with Gasteiger partial charge in [0.2, 0.25) is 0 Å². The highest BCUT2D eigenvalue weighted by Gasteiger charge is 2.39. The standard InChI is InChI=1S/C19H29N3O2/c1-19(14-23)11-5-6-17(19)21-18(24)20-15-7-9-16(10-8-15)22-12-3-2-4-13-22/h7-10,17,23H,2-6,11-14H2,1H3,(H2,20,21,24). The lowest BCUT2D eigenvalue weighted by atomic mass is 9.86. The number of carbonyl (C=O) groups excluding carboxylic acids is 1. The van der Waals surface area contributed by atoms with E-state index >= 15 is 0 Å². The number of amides is 2. The van der Waals surface area contributed by atoms with Gasteiger partial charge >= 0.3 is 6.03 Å². The highest BCUT2D eigenvalue weighted by atomic mass is 16.3. The molecule has 1 aliphatic carbocycles. The van der Waals surface area contributed by atoms with E-state index in [9.17, 15) is 9.90 Å². The third-order valence-electron chi connectivity index (χ3n) is 5.59. The molecule has 0 aromatic heterocycles. The van der Waals surface area contributed by atoms with E-state index in [4.69, 9.17) is 0 Å². The average molecular weight is 331 g/mol. The fourth-order valence-corrected chi connectivity index (χ4v) is 3.90. The molecule has 0 spiro atoms. The Kier molecular flexibility index (Phi) is 5.29. The summed E-state index contributed by atoms with van der Waals surface area (Å²) in [6.07, 6.45) is 6.77. The van der Waals surface area contributed by atoms with Crippen molar-refractivity contribution in [3.05, 3.63) is 24.3 Å². The second-order valence-corrected chi connectivity index (χ2v) is 7.45. The van der Waals surface area contributed by atoms with Crippen molar-refractivity contribution in [1.29, 1.82) is 0 Å². The van der Waals surface area contributed by atoms with Gasteiger partial charge in [-0.3, -0.25) is 0 Å². The number of aliphatic hydroxyl groups is 1. The molecule has 2 fully saturated rings. The van der Waals surface area contributed by atoms with E-state index < -0.39 is 0 Å². The van der Waals surface area contributed by atoms with Crippen molar-refractivity contribution in [2.24, 2.45) is 5.41 Å². The van der Waals surface area contributed by atoms with Crippen LogP contribution in [0, 0.1) is 5.41 Å². The summed E-state index contributed by atoms with van der Waals surface area (Å²) in [5.41, 5.74) is 1.83. The molecule has 1 heterocycles. The monoisotopic (exact) mass is 331 g/mol. The minimum atomic E-state index is -0.199. The first-order valence-corrected chi connectivity index (χ1v) is 9.14. The Balaban J connectivity index is 1.54. The molecular weight excluding hydrogens is 302 g/mol. The Bertz CT molecular complexity index is 554. The molecule has 3 N–H and O–H groups in total. The zero-order valence-electron chi connectivity index (χ0n) is 14.6. The van der Waals surface area contributed by atoms with Crippen LogP contribution in [0.2, 0.25) is 0 Å². The maximum absolute atomic E-state index is 12.2. The van der Waals surface area contributed by atoms with Gasteiger partial charge in [0.1, 0.15) is 0 Å². The maximum Gasteiger partial charge on any atom is 0.319 e. The van der Waals surface area contributed by atoms with Crippen LogP contribution in [0.15, 0.2) is 24.3 Å².